The van der Waals surface area contributed by atoms with Crippen LogP contribution in [0.1, 0.15) is 53.7 Å². The zero-order valence-electron chi connectivity index (χ0n) is 21.2. The standard InChI is InChI=1S/C34H24FNO3/c1-20-10-12-23(13-11-20)31(37)30-29(22-14-17-24(35)18-15-22)34(32(38)25-7-3-4-8-26(25)33(34)39)28-19-16-21-6-2-5-9-27(21)36(28)30/h2-19,28-30H,1H3/t28-,29+,30-/m0/s1. The summed E-state index contributed by atoms with van der Waals surface area (Å²) in [6.45, 7) is 1.95. The second-order valence-electron chi connectivity index (χ2n) is 10.5. The van der Waals surface area contributed by atoms with Crippen molar-refractivity contribution in [1.82, 2.24) is 0 Å². The van der Waals surface area contributed by atoms with Crippen LogP contribution < -0.4 is 4.90 Å². The number of aryl methyl sites for hydroxylation is 1. The van der Waals surface area contributed by atoms with Crippen molar-refractivity contribution in [1.29, 1.82) is 0 Å². The van der Waals surface area contributed by atoms with Crippen LogP contribution in [0, 0.1) is 18.2 Å². The molecule has 4 nitrogen and oxygen atoms in total. The molecule has 3 atom stereocenters. The lowest BCUT2D eigenvalue weighted by Crippen LogP contribution is -2.48. The number of fused-ring (bicyclic) bond motifs is 5. The van der Waals surface area contributed by atoms with Crippen molar-refractivity contribution in [3.05, 3.63) is 142 Å². The fourth-order valence-electron chi connectivity index (χ4n) is 6.85. The molecule has 0 saturated carbocycles. The lowest BCUT2D eigenvalue weighted by atomic mass is 9.64. The van der Waals surface area contributed by atoms with Crippen LogP contribution in [0.25, 0.3) is 6.08 Å². The van der Waals surface area contributed by atoms with E-state index >= 15 is 0 Å². The Morgan fingerprint density at radius 1 is 0.795 bits per heavy atom. The van der Waals surface area contributed by atoms with E-state index in [9.17, 15) is 18.8 Å². The molecule has 1 fully saturated rings. The molecule has 0 N–H and O–H groups in total. The predicted octanol–water partition coefficient (Wildman–Crippen LogP) is 6.45. The first-order chi connectivity index (χ1) is 18.9. The van der Waals surface area contributed by atoms with Gasteiger partial charge < -0.3 is 4.90 Å². The van der Waals surface area contributed by atoms with Gasteiger partial charge in [-0.2, -0.15) is 0 Å². The summed E-state index contributed by atoms with van der Waals surface area (Å²) >= 11 is 0. The van der Waals surface area contributed by atoms with Crippen LogP contribution in [-0.2, 0) is 0 Å². The van der Waals surface area contributed by atoms with Crippen molar-refractivity contribution >= 4 is 29.1 Å². The lowest BCUT2D eigenvalue weighted by molar-refractivity contribution is 0.0666. The maximum absolute atomic E-state index is 14.5. The predicted molar refractivity (Wildman–Crippen MR) is 148 cm³/mol. The number of carbonyl (C=O) groups excluding carboxylic acids is 3. The van der Waals surface area contributed by atoms with Gasteiger partial charge in [-0.05, 0) is 36.2 Å². The number of hydrogen-bond donors (Lipinski definition) is 0. The zero-order chi connectivity index (χ0) is 26.9. The molecule has 39 heavy (non-hydrogen) atoms. The minimum Gasteiger partial charge on any atom is -0.352 e. The minimum absolute atomic E-state index is 0.187. The third-order valence-electron chi connectivity index (χ3n) is 8.55. The fourth-order valence-corrected chi connectivity index (χ4v) is 6.85. The average molecular weight is 514 g/mol. The third-order valence-corrected chi connectivity index (χ3v) is 8.55. The third kappa shape index (κ3) is 3.13. The summed E-state index contributed by atoms with van der Waals surface area (Å²) in [6, 6.07) is 26.2. The molecular weight excluding hydrogens is 489 g/mol. The van der Waals surface area contributed by atoms with Gasteiger partial charge >= 0.3 is 0 Å². The number of halogens is 1. The highest BCUT2D eigenvalue weighted by atomic mass is 19.1. The van der Waals surface area contributed by atoms with Gasteiger partial charge in [0.05, 0.1) is 6.04 Å². The monoisotopic (exact) mass is 513 g/mol. The first-order valence-corrected chi connectivity index (χ1v) is 13.0. The molecule has 190 valence electrons. The average Bonchev–Trinajstić information content (AvgIpc) is 3.40. The van der Waals surface area contributed by atoms with Gasteiger partial charge in [-0.15, -0.1) is 0 Å². The molecule has 2 heterocycles. The SMILES string of the molecule is Cc1ccc(C(=O)[C@@H]2[C@@H](c3ccc(F)cc3)C3(C(=O)c4ccccc4C3=O)[C@@H]3C=Cc4ccccc4N23)cc1. The molecule has 1 spiro atoms. The summed E-state index contributed by atoms with van der Waals surface area (Å²) in [7, 11) is 0. The Morgan fingerprint density at radius 3 is 2.08 bits per heavy atom. The molecule has 2 aliphatic heterocycles. The smallest absolute Gasteiger partial charge is 0.185 e. The lowest BCUT2D eigenvalue weighted by Gasteiger charge is -2.37. The summed E-state index contributed by atoms with van der Waals surface area (Å²) < 4.78 is 14.1. The summed E-state index contributed by atoms with van der Waals surface area (Å²) in [6.07, 6.45) is 3.82. The molecular formula is C34H24FNO3. The van der Waals surface area contributed by atoms with E-state index in [2.05, 4.69) is 0 Å². The molecule has 4 aromatic carbocycles. The number of carbonyl (C=O) groups is 3. The van der Waals surface area contributed by atoms with Crippen molar-refractivity contribution < 1.29 is 18.8 Å². The number of hydrogen-bond acceptors (Lipinski definition) is 4. The second kappa shape index (κ2) is 8.43. The molecule has 5 heteroatoms. The van der Waals surface area contributed by atoms with Crippen LogP contribution in [0.2, 0.25) is 0 Å². The van der Waals surface area contributed by atoms with E-state index in [1.807, 2.05) is 60.4 Å². The van der Waals surface area contributed by atoms with E-state index in [4.69, 9.17) is 0 Å². The molecule has 3 aliphatic rings. The number of Topliss-reactive ketones (excluding diaryl/α,β-unsaturated/α-hetero) is 3. The van der Waals surface area contributed by atoms with Crippen LogP contribution in [0.15, 0.2) is 103 Å². The number of benzene rings is 4. The van der Waals surface area contributed by atoms with Crippen molar-refractivity contribution in [2.75, 3.05) is 4.90 Å². The topological polar surface area (TPSA) is 54.5 Å². The number of nitrogens with zero attached hydrogens (tertiary/aromatic N) is 1. The Hall–Kier alpha value is -4.64. The molecule has 1 saturated heterocycles. The van der Waals surface area contributed by atoms with Crippen LogP contribution in [0.4, 0.5) is 10.1 Å². The van der Waals surface area contributed by atoms with Crippen LogP contribution in [0.5, 0.6) is 0 Å². The summed E-state index contributed by atoms with van der Waals surface area (Å²) in [5.74, 6) is -2.05. The van der Waals surface area contributed by atoms with Crippen LogP contribution in [-0.4, -0.2) is 29.4 Å². The highest BCUT2D eigenvalue weighted by Gasteiger charge is 2.71. The Morgan fingerprint density at radius 2 is 1.41 bits per heavy atom. The molecule has 1 aliphatic carbocycles. The Bertz CT molecular complexity index is 1670. The van der Waals surface area contributed by atoms with Crippen LogP contribution in [0.3, 0.4) is 0 Å². The van der Waals surface area contributed by atoms with Gasteiger partial charge in [0.15, 0.2) is 17.3 Å². The molecule has 0 aromatic heterocycles. The van der Waals surface area contributed by atoms with Gasteiger partial charge in [-0.1, -0.05) is 96.6 Å². The minimum atomic E-state index is -1.59. The van der Waals surface area contributed by atoms with E-state index in [0.717, 1.165) is 16.8 Å². The van der Waals surface area contributed by atoms with E-state index in [1.54, 1.807) is 48.5 Å². The Balaban J connectivity index is 1.54. The highest BCUT2D eigenvalue weighted by molar-refractivity contribution is 6.32. The molecule has 4 aromatic rings. The Kier molecular flexibility index (Phi) is 5.08. The van der Waals surface area contributed by atoms with Gasteiger partial charge in [-0.25, -0.2) is 4.39 Å². The van der Waals surface area contributed by atoms with Gasteiger partial charge in [0.25, 0.3) is 0 Å². The number of para-hydroxylation sites is 1. The van der Waals surface area contributed by atoms with E-state index < -0.39 is 29.2 Å². The molecule has 0 radical (unpaired) electrons. The number of ketones is 3. The quantitative estimate of drug-likeness (QED) is 0.233. The van der Waals surface area contributed by atoms with E-state index in [0.29, 0.717) is 22.3 Å². The van der Waals surface area contributed by atoms with Crippen LogP contribution >= 0.6 is 0 Å². The first kappa shape index (κ1) is 23.5. The van der Waals surface area contributed by atoms with Gasteiger partial charge in [-0.3, -0.25) is 14.4 Å². The number of anilines is 1. The van der Waals surface area contributed by atoms with Crippen molar-refractivity contribution in [3.8, 4) is 0 Å². The molecule has 7 rings (SSSR count). The fraction of sp³-hybridized carbons (Fsp3) is 0.147. The second-order valence-corrected chi connectivity index (χ2v) is 10.5. The van der Waals surface area contributed by atoms with Crippen molar-refractivity contribution in [3.63, 3.8) is 0 Å². The van der Waals surface area contributed by atoms with Gasteiger partial charge in [0.2, 0.25) is 0 Å². The summed E-state index contributed by atoms with van der Waals surface area (Å²) in [5, 5.41) is 0. The van der Waals surface area contributed by atoms with Crippen molar-refractivity contribution in [2.45, 2.75) is 24.9 Å². The number of rotatable bonds is 3. The first-order valence-electron chi connectivity index (χ1n) is 13.0. The van der Waals surface area contributed by atoms with Gasteiger partial charge in [0.1, 0.15) is 17.3 Å². The zero-order valence-corrected chi connectivity index (χ0v) is 21.2. The highest BCUT2D eigenvalue weighted by Crippen LogP contribution is 2.60. The van der Waals surface area contributed by atoms with Crippen molar-refractivity contribution in [2.24, 2.45) is 5.41 Å². The molecule has 0 amide bonds. The van der Waals surface area contributed by atoms with E-state index in [1.165, 1.54) is 12.1 Å². The maximum atomic E-state index is 14.5. The largest absolute Gasteiger partial charge is 0.352 e. The van der Waals surface area contributed by atoms with E-state index in [-0.39, 0.29) is 17.3 Å². The van der Waals surface area contributed by atoms with Gasteiger partial charge in [0, 0.05) is 28.3 Å². The normalized spacial score (nSPS) is 22.1. The Labute approximate surface area is 225 Å². The summed E-state index contributed by atoms with van der Waals surface area (Å²) in [5.41, 5.74) is 2.93. The molecule has 0 unspecified atom stereocenters. The summed E-state index contributed by atoms with van der Waals surface area (Å²) in [4.78, 5) is 45.6. The maximum Gasteiger partial charge on any atom is 0.185 e. The molecule has 0 bridgehead atoms.